The molecule has 0 aromatic heterocycles. The van der Waals surface area contributed by atoms with E-state index in [0.717, 1.165) is 24.2 Å². The number of nitrogen functional groups attached to an aromatic ring is 1. The minimum atomic E-state index is -0.552. The number of hydrogen-bond donors (Lipinski definition) is 1. The van der Waals surface area contributed by atoms with Crippen LogP contribution in [0.4, 0.5) is 11.4 Å². The number of ether oxygens (including phenoxy) is 1. The molecule has 116 valence electrons. The van der Waals surface area contributed by atoms with E-state index in [1.54, 1.807) is 0 Å². The van der Waals surface area contributed by atoms with Gasteiger partial charge in [0.15, 0.2) is 0 Å². The van der Waals surface area contributed by atoms with Crippen molar-refractivity contribution < 1.29 is 4.74 Å². The van der Waals surface area contributed by atoms with Gasteiger partial charge in [0.1, 0.15) is 23.2 Å². The highest BCUT2D eigenvalue weighted by Crippen LogP contribution is 2.27. The molecule has 0 atom stereocenters. The first-order valence-electron chi connectivity index (χ1n) is 7.55. The van der Waals surface area contributed by atoms with Crippen LogP contribution in [-0.4, -0.2) is 19.2 Å². The second kappa shape index (κ2) is 5.48. The van der Waals surface area contributed by atoms with Crippen LogP contribution in [0.25, 0.3) is 0 Å². The van der Waals surface area contributed by atoms with Gasteiger partial charge in [-0.3, -0.25) is 9.59 Å². The normalized spacial score (nSPS) is 16.2. The van der Waals surface area contributed by atoms with E-state index < -0.39 is 10.9 Å². The fourth-order valence-corrected chi connectivity index (χ4v) is 2.94. The van der Waals surface area contributed by atoms with Gasteiger partial charge in [-0.05, 0) is 31.0 Å². The molecular weight excluding hydrogens is 280 g/mol. The van der Waals surface area contributed by atoms with Gasteiger partial charge in [-0.2, -0.15) is 0 Å². The lowest BCUT2D eigenvalue weighted by atomic mass is 10.0. The van der Waals surface area contributed by atoms with Crippen molar-refractivity contribution in [3.05, 3.63) is 49.8 Å². The predicted octanol–water partition coefficient (Wildman–Crippen LogP) is 1.53. The molecular formula is C17H20N2O3. The summed E-state index contributed by atoms with van der Waals surface area (Å²) in [5, 5.41) is 0. The van der Waals surface area contributed by atoms with E-state index in [1.807, 2.05) is 17.0 Å². The van der Waals surface area contributed by atoms with Gasteiger partial charge in [0.25, 0.3) is 10.9 Å². The molecule has 1 aliphatic rings. The lowest BCUT2D eigenvalue weighted by Crippen LogP contribution is -2.47. The molecule has 22 heavy (non-hydrogen) atoms. The van der Waals surface area contributed by atoms with E-state index in [9.17, 15) is 9.59 Å². The fourth-order valence-electron chi connectivity index (χ4n) is 2.94. The highest BCUT2D eigenvalue weighted by Gasteiger charge is 2.28. The Morgan fingerprint density at radius 2 is 1.82 bits per heavy atom. The Kier molecular flexibility index (Phi) is 3.64. The molecule has 0 bridgehead atoms. The molecule has 0 saturated carbocycles. The van der Waals surface area contributed by atoms with E-state index in [0.29, 0.717) is 18.8 Å². The summed E-state index contributed by atoms with van der Waals surface area (Å²) in [4.78, 5) is 24.7. The van der Waals surface area contributed by atoms with E-state index in [4.69, 9.17) is 10.5 Å². The first kappa shape index (κ1) is 14.6. The molecule has 5 heteroatoms. The zero-order chi connectivity index (χ0) is 15.9. The average molecular weight is 300 g/mol. The van der Waals surface area contributed by atoms with Crippen LogP contribution in [0.5, 0.6) is 5.75 Å². The van der Waals surface area contributed by atoms with Gasteiger partial charge in [-0.25, -0.2) is 0 Å². The van der Waals surface area contributed by atoms with Crippen molar-refractivity contribution in [3.8, 4) is 5.75 Å². The summed E-state index contributed by atoms with van der Waals surface area (Å²) < 4.78 is 6.10. The van der Waals surface area contributed by atoms with Crippen molar-refractivity contribution in [1.29, 1.82) is 0 Å². The standard InChI is InChI=1S/C17H20N2O3/c1-10-4-3-5-13(11(10)2)22-12-6-8-19(9-7-12)15-14(18)16(20)17(15)21/h3-5,12H,6-9,18H2,1-2H3. The van der Waals surface area contributed by atoms with Crippen LogP contribution in [0, 0.1) is 13.8 Å². The van der Waals surface area contributed by atoms with Crippen molar-refractivity contribution >= 4 is 11.4 Å². The lowest BCUT2D eigenvalue weighted by molar-refractivity contribution is 0.169. The van der Waals surface area contributed by atoms with Gasteiger partial charge in [0.2, 0.25) is 0 Å². The fraction of sp³-hybridized carbons (Fsp3) is 0.412. The highest BCUT2D eigenvalue weighted by molar-refractivity contribution is 5.72. The average Bonchev–Trinajstić information content (AvgIpc) is 2.53. The summed E-state index contributed by atoms with van der Waals surface area (Å²) in [6.45, 7) is 5.50. The van der Waals surface area contributed by atoms with Gasteiger partial charge >= 0.3 is 0 Å². The van der Waals surface area contributed by atoms with Gasteiger partial charge in [0, 0.05) is 25.9 Å². The van der Waals surface area contributed by atoms with E-state index in [2.05, 4.69) is 19.9 Å². The van der Waals surface area contributed by atoms with Crippen molar-refractivity contribution in [1.82, 2.24) is 0 Å². The SMILES string of the molecule is Cc1cccc(OC2CCN(c3c(N)c(=O)c3=O)CC2)c1C. The maximum Gasteiger partial charge on any atom is 0.253 e. The van der Waals surface area contributed by atoms with E-state index in [1.165, 1.54) is 5.56 Å². The predicted molar refractivity (Wildman–Crippen MR) is 87.5 cm³/mol. The molecule has 2 aromatic rings. The van der Waals surface area contributed by atoms with Crippen LogP contribution >= 0.6 is 0 Å². The number of rotatable bonds is 3. The summed E-state index contributed by atoms with van der Waals surface area (Å²) in [5.41, 5.74) is 7.50. The van der Waals surface area contributed by atoms with Crippen molar-refractivity contribution in [2.24, 2.45) is 0 Å². The van der Waals surface area contributed by atoms with Crippen LogP contribution in [0.1, 0.15) is 24.0 Å². The highest BCUT2D eigenvalue weighted by atomic mass is 16.5. The summed E-state index contributed by atoms with van der Waals surface area (Å²) in [6.07, 6.45) is 1.75. The van der Waals surface area contributed by atoms with E-state index in [-0.39, 0.29) is 11.8 Å². The molecule has 0 amide bonds. The third kappa shape index (κ3) is 2.36. The molecule has 0 spiro atoms. The summed E-state index contributed by atoms with van der Waals surface area (Å²) >= 11 is 0. The van der Waals surface area contributed by atoms with Crippen LogP contribution in [0.3, 0.4) is 0 Å². The number of benzene rings is 1. The Morgan fingerprint density at radius 1 is 1.14 bits per heavy atom. The van der Waals surface area contributed by atoms with Crippen LogP contribution in [0.2, 0.25) is 0 Å². The minimum Gasteiger partial charge on any atom is -0.490 e. The van der Waals surface area contributed by atoms with Gasteiger partial charge < -0.3 is 15.4 Å². The molecule has 1 aliphatic heterocycles. The molecule has 1 fully saturated rings. The van der Waals surface area contributed by atoms with Gasteiger partial charge in [-0.1, -0.05) is 12.1 Å². The Morgan fingerprint density at radius 3 is 2.45 bits per heavy atom. The molecule has 0 aliphatic carbocycles. The molecule has 1 saturated heterocycles. The molecule has 1 heterocycles. The first-order chi connectivity index (χ1) is 10.5. The Labute approximate surface area is 129 Å². The number of aryl methyl sites for hydroxylation is 1. The number of nitrogens with zero attached hydrogens (tertiary/aromatic N) is 1. The second-order valence-electron chi connectivity index (χ2n) is 5.92. The lowest BCUT2D eigenvalue weighted by Gasteiger charge is -2.34. The number of hydrogen-bond acceptors (Lipinski definition) is 5. The van der Waals surface area contributed by atoms with Crippen molar-refractivity contribution in [2.45, 2.75) is 32.8 Å². The maximum absolute atomic E-state index is 11.6. The third-order valence-corrected chi connectivity index (χ3v) is 4.53. The quantitative estimate of drug-likeness (QED) is 0.870. The molecule has 2 aromatic carbocycles. The zero-order valence-corrected chi connectivity index (χ0v) is 12.9. The maximum atomic E-state index is 11.6. The number of piperidine rings is 1. The van der Waals surface area contributed by atoms with E-state index >= 15 is 0 Å². The monoisotopic (exact) mass is 300 g/mol. The second-order valence-corrected chi connectivity index (χ2v) is 5.92. The topological polar surface area (TPSA) is 72.6 Å². The smallest absolute Gasteiger partial charge is 0.253 e. The van der Waals surface area contributed by atoms with Crippen LogP contribution in [-0.2, 0) is 0 Å². The zero-order valence-electron chi connectivity index (χ0n) is 12.9. The van der Waals surface area contributed by atoms with Crippen LogP contribution in [0.15, 0.2) is 27.8 Å². The molecule has 5 nitrogen and oxygen atoms in total. The van der Waals surface area contributed by atoms with Crippen molar-refractivity contribution in [3.63, 3.8) is 0 Å². The molecule has 0 radical (unpaired) electrons. The van der Waals surface area contributed by atoms with Gasteiger partial charge in [-0.15, -0.1) is 0 Å². The number of nitrogens with two attached hydrogens (primary N) is 1. The Bertz CT molecular complexity index is 767. The Balaban J connectivity index is 1.64. The third-order valence-electron chi connectivity index (χ3n) is 4.53. The Hall–Kier alpha value is -2.30. The molecule has 3 rings (SSSR count). The largest absolute Gasteiger partial charge is 0.490 e. The number of anilines is 2. The summed E-state index contributed by atoms with van der Waals surface area (Å²) in [7, 11) is 0. The first-order valence-corrected chi connectivity index (χ1v) is 7.55. The van der Waals surface area contributed by atoms with Gasteiger partial charge in [0.05, 0.1) is 0 Å². The summed E-state index contributed by atoms with van der Waals surface area (Å²) in [5.74, 6) is 0.923. The van der Waals surface area contributed by atoms with Crippen molar-refractivity contribution in [2.75, 3.05) is 23.7 Å². The van der Waals surface area contributed by atoms with Crippen LogP contribution < -0.4 is 26.2 Å². The molecule has 0 unspecified atom stereocenters. The summed E-state index contributed by atoms with van der Waals surface area (Å²) in [6, 6.07) is 6.06. The molecule has 2 N–H and O–H groups in total. The minimum absolute atomic E-state index is 0.110.